The molecule has 0 fully saturated rings. The molecule has 3 rings (SSSR count). The molecule has 8 nitrogen and oxygen atoms in total. The number of carbonyl (C=O) groups is 2. The van der Waals surface area contributed by atoms with E-state index < -0.39 is 11.6 Å². The van der Waals surface area contributed by atoms with Crippen molar-refractivity contribution in [1.29, 1.82) is 0 Å². The molecule has 2 heterocycles. The van der Waals surface area contributed by atoms with Crippen LogP contribution in [0.5, 0.6) is 0 Å². The second kappa shape index (κ2) is 8.15. The van der Waals surface area contributed by atoms with E-state index in [1.54, 1.807) is 4.90 Å². The summed E-state index contributed by atoms with van der Waals surface area (Å²) in [5.74, 6) is -1.34. The molecule has 27 heavy (non-hydrogen) atoms. The second-order valence-corrected chi connectivity index (χ2v) is 7.34. The monoisotopic (exact) mass is 364 g/mol. The first-order valence-corrected chi connectivity index (χ1v) is 8.41. The van der Waals surface area contributed by atoms with Gasteiger partial charge in [-0.25, -0.2) is 9.48 Å². The number of carbonyl (C=O) groups excluding carboxylic acids is 2. The Bertz CT molecular complexity index is 844. The van der Waals surface area contributed by atoms with Crippen LogP contribution >= 0.6 is 0 Å². The summed E-state index contributed by atoms with van der Waals surface area (Å²) in [5, 5.41) is 18.1. The SMILES string of the molecule is CC(C)(C)OC(=O)N1CCc2cc(Cn3cc(C(=O)[O-])nn3)ccc2C1.[Li+]. The molecule has 1 amide bonds. The van der Waals surface area contributed by atoms with Gasteiger partial charge in [0.1, 0.15) is 11.3 Å². The molecular formula is C18H21LiN4O4. The maximum atomic E-state index is 12.2. The fourth-order valence-corrected chi connectivity index (χ4v) is 2.84. The summed E-state index contributed by atoms with van der Waals surface area (Å²) < 4.78 is 6.89. The van der Waals surface area contributed by atoms with Gasteiger partial charge in [0.05, 0.1) is 18.7 Å². The van der Waals surface area contributed by atoms with E-state index in [0.717, 1.165) is 17.5 Å². The summed E-state index contributed by atoms with van der Waals surface area (Å²) in [5.41, 5.74) is 2.55. The van der Waals surface area contributed by atoms with Gasteiger partial charge in [0, 0.05) is 13.1 Å². The van der Waals surface area contributed by atoms with Crippen molar-refractivity contribution < 1.29 is 38.3 Å². The molecule has 1 aromatic heterocycles. The van der Waals surface area contributed by atoms with Crippen molar-refractivity contribution in [1.82, 2.24) is 19.9 Å². The topological polar surface area (TPSA) is 100 Å². The second-order valence-electron chi connectivity index (χ2n) is 7.34. The van der Waals surface area contributed by atoms with E-state index >= 15 is 0 Å². The van der Waals surface area contributed by atoms with Crippen molar-refractivity contribution in [3.8, 4) is 0 Å². The molecule has 0 radical (unpaired) electrons. The number of aromatic nitrogens is 3. The summed E-state index contributed by atoms with van der Waals surface area (Å²) in [4.78, 5) is 24.7. The van der Waals surface area contributed by atoms with Crippen LogP contribution in [0.3, 0.4) is 0 Å². The molecule has 9 heteroatoms. The van der Waals surface area contributed by atoms with Crippen LogP contribution in [0.2, 0.25) is 0 Å². The number of amides is 1. The Kier molecular flexibility index (Phi) is 6.34. The van der Waals surface area contributed by atoms with Gasteiger partial charge in [-0.05, 0) is 43.9 Å². The van der Waals surface area contributed by atoms with E-state index in [2.05, 4.69) is 16.4 Å². The fourth-order valence-electron chi connectivity index (χ4n) is 2.84. The van der Waals surface area contributed by atoms with Crippen molar-refractivity contribution in [3.63, 3.8) is 0 Å². The first-order chi connectivity index (χ1) is 12.2. The molecule has 0 atom stereocenters. The van der Waals surface area contributed by atoms with Crippen LogP contribution in [0.25, 0.3) is 0 Å². The minimum absolute atomic E-state index is 0. The number of fused-ring (bicyclic) bond motifs is 1. The van der Waals surface area contributed by atoms with Crippen LogP contribution in [0.4, 0.5) is 4.79 Å². The van der Waals surface area contributed by atoms with E-state index in [0.29, 0.717) is 19.6 Å². The van der Waals surface area contributed by atoms with Gasteiger partial charge in [-0.1, -0.05) is 23.4 Å². The Balaban J connectivity index is 0.00000261. The summed E-state index contributed by atoms with van der Waals surface area (Å²) in [6, 6.07) is 5.98. The Morgan fingerprint density at radius 3 is 2.63 bits per heavy atom. The third kappa shape index (κ3) is 5.34. The third-order valence-electron chi connectivity index (χ3n) is 4.03. The number of hydrogen-bond acceptors (Lipinski definition) is 6. The van der Waals surface area contributed by atoms with Crippen LogP contribution in [0.1, 0.15) is 48.0 Å². The van der Waals surface area contributed by atoms with E-state index in [9.17, 15) is 14.7 Å². The number of hydrogen-bond donors (Lipinski definition) is 0. The predicted molar refractivity (Wildman–Crippen MR) is 90.2 cm³/mol. The molecule has 1 aliphatic heterocycles. The van der Waals surface area contributed by atoms with Gasteiger partial charge in [0.25, 0.3) is 0 Å². The summed E-state index contributed by atoms with van der Waals surface area (Å²) in [6.45, 7) is 7.09. The van der Waals surface area contributed by atoms with Gasteiger partial charge in [-0.3, -0.25) is 0 Å². The average molecular weight is 364 g/mol. The molecule has 138 valence electrons. The standard InChI is InChI=1S/C18H22N4O4.Li/c1-18(2,3)26-17(25)21-7-6-13-8-12(4-5-14(13)10-21)9-22-11-15(16(23)24)19-20-22;/h4-5,8,11H,6-7,9-10H2,1-3H3,(H,23,24);/q;+1/p-1. The maximum absolute atomic E-state index is 12.2. The predicted octanol–water partition coefficient (Wildman–Crippen LogP) is -2.01. The molecule has 0 spiro atoms. The van der Waals surface area contributed by atoms with Crippen LogP contribution in [-0.4, -0.2) is 44.1 Å². The summed E-state index contributed by atoms with van der Waals surface area (Å²) in [7, 11) is 0. The molecule has 1 aliphatic rings. The molecular weight excluding hydrogens is 343 g/mol. The maximum Gasteiger partial charge on any atom is 1.00 e. The Morgan fingerprint density at radius 2 is 2.00 bits per heavy atom. The zero-order valence-electron chi connectivity index (χ0n) is 16.1. The summed E-state index contributed by atoms with van der Waals surface area (Å²) >= 11 is 0. The largest absolute Gasteiger partial charge is 1.00 e. The molecule has 0 aliphatic carbocycles. The average Bonchev–Trinajstić information content (AvgIpc) is 3.01. The Hall–Kier alpha value is -2.30. The number of ether oxygens (including phenoxy) is 1. The first-order valence-electron chi connectivity index (χ1n) is 8.41. The minimum atomic E-state index is -1.34. The van der Waals surface area contributed by atoms with Crippen molar-refractivity contribution in [2.45, 2.75) is 45.9 Å². The Labute approximate surface area is 169 Å². The van der Waals surface area contributed by atoms with E-state index in [4.69, 9.17) is 4.74 Å². The van der Waals surface area contributed by atoms with Crippen molar-refractivity contribution in [3.05, 3.63) is 46.8 Å². The van der Waals surface area contributed by atoms with Gasteiger partial charge in [-0.15, -0.1) is 5.10 Å². The van der Waals surface area contributed by atoms with Gasteiger partial charge in [0.2, 0.25) is 0 Å². The van der Waals surface area contributed by atoms with Crippen LogP contribution in [-0.2, 0) is 24.2 Å². The molecule has 0 saturated heterocycles. The van der Waals surface area contributed by atoms with Crippen molar-refractivity contribution in [2.75, 3.05) is 6.54 Å². The van der Waals surface area contributed by atoms with Crippen molar-refractivity contribution >= 4 is 12.1 Å². The molecule has 2 aromatic rings. The van der Waals surface area contributed by atoms with E-state index in [-0.39, 0.29) is 30.6 Å². The normalized spacial score (nSPS) is 13.5. The smallest absolute Gasteiger partial charge is 0.543 e. The number of aromatic carboxylic acids is 1. The fraction of sp³-hybridized carbons (Fsp3) is 0.444. The number of carboxylic acid groups (broad SMARTS) is 1. The number of benzene rings is 1. The molecule has 0 unspecified atom stereocenters. The van der Waals surface area contributed by atoms with Gasteiger partial charge < -0.3 is 19.5 Å². The van der Waals surface area contributed by atoms with E-state index in [1.165, 1.54) is 16.4 Å². The summed E-state index contributed by atoms with van der Waals surface area (Å²) in [6.07, 6.45) is 1.79. The zero-order chi connectivity index (χ0) is 18.9. The molecule has 0 saturated carbocycles. The molecule has 0 bridgehead atoms. The van der Waals surface area contributed by atoms with Gasteiger partial charge >= 0.3 is 25.0 Å². The minimum Gasteiger partial charge on any atom is -0.543 e. The zero-order valence-corrected chi connectivity index (χ0v) is 16.1. The number of rotatable bonds is 3. The van der Waals surface area contributed by atoms with Crippen LogP contribution in [0, 0.1) is 0 Å². The van der Waals surface area contributed by atoms with Gasteiger partial charge in [-0.2, -0.15) is 0 Å². The molecule has 0 N–H and O–H groups in total. The first kappa shape index (κ1) is 21.0. The van der Waals surface area contributed by atoms with Crippen molar-refractivity contribution in [2.24, 2.45) is 0 Å². The number of nitrogens with zero attached hydrogens (tertiary/aromatic N) is 4. The van der Waals surface area contributed by atoms with Crippen LogP contribution < -0.4 is 24.0 Å². The Morgan fingerprint density at radius 1 is 1.26 bits per heavy atom. The third-order valence-corrected chi connectivity index (χ3v) is 4.03. The van der Waals surface area contributed by atoms with E-state index in [1.807, 2.05) is 32.9 Å². The quantitative estimate of drug-likeness (QED) is 0.584. The molecule has 1 aromatic carbocycles. The van der Waals surface area contributed by atoms with Gasteiger partial charge in [0.15, 0.2) is 0 Å². The van der Waals surface area contributed by atoms with Crippen LogP contribution in [0.15, 0.2) is 24.4 Å². The number of carboxylic acids is 1.